The molecule has 2 aliphatic rings. The second-order valence-electron chi connectivity index (χ2n) is 9.30. The van der Waals surface area contributed by atoms with Gasteiger partial charge in [-0.25, -0.2) is 9.80 Å². The Morgan fingerprint density at radius 3 is 2.42 bits per heavy atom. The van der Waals surface area contributed by atoms with E-state index in [1.54, 1.807) is 6.92 Å². The number of H-pyrrole nitrogens is 1. The Bertz CT molecular complexity index is 1170. The number of benzene rings is 1. The molecule has 0 bridgehead atoms. The summed E-state index contributed by atoms with van der Waals surface area (Å²) in [5.74, 6) is -0.132. The molecule has 1 fully saturated rings. The Kier molecular flexibility index (Phi) is 6.54. The minimum Gasteiger partial charge on any atom is -0.494 e. The smallest absolute Gasteiger partial charge is 0.331 e. The molecule has 4 rings (SSSR count). The van der Waals surface area contributed by atoms with Gasteiger partial charge in [-0.15, -0.1) is 0 Å². The summed E-state index contributed by atoms with van der Waals surface area (Å²) < 4.78 is 1.30. The fourth-order valence-corrected chi connectivity index (χ4v) is 4.89. The third-order valence-corrected chi connectivity index (χ3v) is 6.80. The van der Waals surface area contributed by atoms with Crippen LogP contribution in [0.4, 0.5) is 0 Å². The van der Waals surface area contributed by atoms with Crippen molar-refractivity contribution >= 4 is 11.6 Å². The van der Waals surface area contributed by atoms with Crippen LogP contribution in [0.2, 0.25) is 0 Å². The van der Waals surface area contributed by atoms with Crippen molar-refractivity contribution in [2.24, 2.45) is 5.10 Å². The molecule has 0 spiro atoms. The molecule has 1 aromatic carbocycles. The summed E-state index contributed by atoms with van der Waals surface area (Å²) in [7, 11) is 0. The lowest BCUT2D eigenvalue weighted by molar-refractivity contribution is -0.132. The van der Waals surface area contributed by atoms with E-state index in [0.29, 0.717) is 11.6 Å². The second-order valence-corrected chi connectivity index (χ2v) is 9.30. The zero-order chi connectivity index (χ0) is 23.7. The first-order valence-electron chi connectivity index (χ1n) is 11.9. The van der Waals surface area contributed by atoms with E-state index in [9.17, 15) is 19.5 Å². The van der Waals surface area contributed by atoms with Crippen LogP contribution in [0, 0.1) is 0 Å². The summed E-state index contributed by atoms with van der Waals surface area (Å²) in [5, 5.41) is 17.0. The van der Waals surface area contributed by atoms with Gasteiger partial charge in [0.25, 0.3) is 5.56 Å². The van der Waals surface area contributed by atoms with Crippen LogP contribution < -0.4 is 11.2 Å². The molecule has 1 aliphatic heterocycles. The van der Waals surface area contributed by atoms with Gasteiger partial charge < -0.3 is 5.11 Å². The van der Waals surface area contributed by atoms with Crippen LogP contribution in [-0.2, 0) is 4.79 Å². The number of carbonyl (C=O) groups is 1. The predicted molar refractivity (Wildman–Crippen MR) is 127 cm³/mol. The number of carbonyl (C=O) groups excluding carboxylic acids is 1. The minimum atomic E-state index is -0.678. The van der Waals surface area contributed by atoms with Crippen molar-refractivity contribution in [3.05, 3.63) is 61.8 Å². The van der Waals surface area contributed by atoms with E-state index >= 15 is 0 Å². The van der Waals surface area contributed by atoms with E-state index in [4.69, 9.17) is 0 Å². The van der Waals surface area contributed by atoms with Crippen molar-refractivity contribution in [2.45, 2.75) is 83.7 Å². The van der Waals surface area contributed by atoms with Crippen LogP contribution in [0.15, 0.2) is 39.0 Å². The monoisotopic (exact) mass is 452 g/mol. The lowest BCUT2D eigenvalue weighted by Crippen LogP contribution is -2.36. The summed E-state index contributed by atoms with van der Waals surface area (Å²) in [4.78, 5) is 40.4. The number of hydrazone groups is 1. The maximum atomic E-state index is 12.8. The zero-order valence-corrected chi connectivity index (χ0v) is 19.5. The van der Waals surface area contributed by atoms with Crippen LogP contribution in [0.1, 0.15) is 100 Å². The molecular weight excluding hydrogens is 420 g/mol. The van der Waals surface area contributed by atoms with E-state index in [2.05, 4.69) is 23.9 Å². The molecule has 2 aromatic rings. The predicted octanol–water partition coefficient (Wildman–Crippen LogP) is 3.96. The van der Waals surface area contributed by atoms with Crippen LogP contribution in [0.5, 0.6) is 5.88 Å². The van der Waals surface area contributed by atoms with Gasteiger partial charge in [0.2, 0.25) is 11.8 Å². The van der Waals surface area contributed by atoms with Gasteiger partial charge in [0.1, 0.15) is 5.56 Å². The first-order valence-corrected chi connectivity index (χ1v) is 11.9. The SMILES string of the molecule is CCC(=O)N1N=C(c2c(O)n(C3CCCCC3)c(=O)[nH]c2=O)CC1c1ccc(C(C)C)cc1. The number of rotatable bonds is 5. The van der Waals surface area contributed by atoms with Gasteiger partial charge in [-0.2, -0.15) is 5.10 Å². The van der Waals surface area contributed by atoms with Crippen LogP contribution in [0.3, 0.4) is 0 Å². The zero-order valence-electron chi connectivity index (χ0n) is 19.5. The molecule has 2 heterocycles. The molecule has 2 N–H and O–H groups in total. The van der Waals surface area contributed by atoms with Gasteiger partial charge in [0.15, 0.2) is 0 Å². The molecule has 1 aromatic heterocycles. The molecule has 0 radical (unpaired) electrons. The van der Waals surface area contributed by atoms with Gasteiger partial charge in [0, 0.05) is 18.9 Å². The topological polar surface area (TPSA) is 108 Å². The standard InChI is InChI=1S/C25H32N4O4/c1-4-21(30)29-20(17-12-10-16(11-13-17)15(2)3)14-19(27-29)22-23(31)26-25(33)28(24(22)32)18-8-6-5-7-9-18/h10-13,15,18,20,32H,4-9,14H2,1-3H3,(H,26,31,33). The van der Waals surface area contributed by atoms with Crippen LogP contribution in [-0.4, -0.2) is 31.3 Å². The van der Waals surface area contributed by atoms with Gasteiger partial charge >= 0.3 is 5.69 Å². The van der Waals surface area contributed by atoms with Gasteiger partial charge in [-0.1, -0.05) is 64.3 Å². The molecule has 1 unspecified atom stereocenters. The molecular formula is C25H32N4O4. The lowest BCUT2D eigenvalue weighted by Gasteiger charge is -2.25. The van der Waals surface area contributed by atoms with Crippen molar-refractivity contribution < 1.29 is 9.90 Å². The Hall–Kier alpha value is -3.16. The molecule has 176 valence electrons. The van der Waals surface area contributed by atoms with E-state index in [0.717, 1.165) is 37.7 Å². The Morgan fingerprint density at radius 2 is 1.82 bits per heavy atom. The number of hydrogen-bond donors (Lipinski definition) is 2. The molecule has 1 saturated carbocycles. The van der Waals surface area contributed by atoms with Crippen LogP contribution in [0.25, 0.3) is 0 Å². The first-order chi connectivity index (χ1) is 15.8. The van der Waals surface area contributed by atoms with Gasteiger partial charge in [0.05, 0.1) is 11.8 Å². The number of aromatic amines is 1. The molecule has 0 saturated heterocycles. The number of aromatic hydroxyl groups is 1. The molecule has 8 heteroatoms. The number of hydrogen-bond acceptors (Lipinski definition) is 5. The Labute approximate surface area is 193 Å². The normalized spacial score (nSPS) is 19.2. The van der Waals surface area contributed by atoms with Crippen molar-refractivity contribution in [3.8, 4) is 5.88 Å². The highest BCUT2D eigenvalue weighted by atomic mass is 16.3. The molecule has 33 heavy (non-hydrogen) atoms. The number of amides is 1. The highest BCUT2D eigenvalue weighted by Crippen LogP contribution is 2.36. The quantitative estimate of drug-likeness (QED) is 0.716. The second kappa shape index (κ2) is 9.37. The Balaban J connectivity index is 1.75. The summed E-state index contributed by atoms with van der Waals surface area (Å²) in [6, 6.07) is 7.53. The molecule has 1 amide bonds. The van der Waals surface area contributed by atoms with E-state index in [1.165, 1.54) is 15.1 Å². The fraction of sp³-hybridized carbons (Fsp3) is 0.520. The highest BCUT2D eigenvalue weighted by molar-refractivity contribution is 6.04. The third-order valence-electron chi connectivity index (χ3n) is 6.80. The Morgan fingerprint density at radius 1 is 1.15 bits per heavy atom. The van der Waals surface area contributed by atoms with Crippen molar-refractivity contribution in [2.75, 3.05) is 0 Å². The third kappa shape index (κ3) is 4.38. The van der Waals surface area contributed by atoms with Crippen molar-refractivity contribution in [1.82, 2.24) is 14.6 Å². The van der Waals surface area contributed by atoms with Crippen LogP contribution >= 0.6 is 0 Å². The van der Waals surface area contributed by atoms with E-state index < -0.39 is 11.2 Å². The number of nitrogens with one attached hydrogen (secondary N) is 1. The van der Waals surface area contributed by atoms with E-state index in [1.807, 2.05) is 24.3 Å². The highest BCUT2D eigenvalue weighted by Gasteiger charge is 2.35. The number of nitrogens with zero attached hydrogens (tertiary/aromatic N) is 3. The lowest BCUT2D eigenvalue weighted by atomic mass is 9.94. The van der Waals surface area contributed by atoms with E-state index in [-0.39, 0.29) is 42.3 Å². The fourth-order valence-electron chi connectivity index (χ4n) is 4.89. The number of aromatic nitrogens is 2. The largest absolute Gasteiger partial charge is 0.494 e. The first kappa shape index (κ1) is 23.0. The summed E-state index contributed by atoms with van der Waals surface area (Å²) in [6.07, 6.45) is 5.14. The average Bonchev–Trinajstić information content (AvgIpc) is 3.24. The minimum absolute atomic E-state index is 0.0182. The van der Waals surface area contributed by atoms with Gasteiger partial charge in [-0.05, 0) is 29.9 Å². The van der Waals surface area contributed by atoms with Crippen molar-refractivity contribution in [1.29, 1.82) is 0 Å². The maximum Gasteiger partial charge on any atom is 0.331 e. The van der Waals surface area contributed by atoms with Crippen molar-refractivity contribution in [3.63, 3.8) is 0 Å². The average molecular weight is 453 g/mol. The summed E-state index contributed by atoms with van der Waals surface area (Å²) in [6.45, 7) is 6.01. The summed E-state index contributed by atoms with van der Waals surface area (Å²) >= 11 is 0. The molecule has 1 aliphatic carbocycles. The van der Waals surface area contributed by atoms with Gasteiger partial charge in [-0.3, -0.25) is 19.1 Å². The molecule has 1 atom stereocenters. The summed E-state index contributed by atoms with van der Waals surface area (Å²) in [5.41, 5.74) is 1.13. The maximum absolute atomic E-state index is 12.8. The molecule has 8 nitrogen and oxygen atoms in total.